The first-order chi connectivity index (χ1) is 8.24. The van der Waals surface area contributed by atoms with Crippen molar-refractivity contribution in [3.63, 3.8) is 0 Å². The highest BCUT2D eigenvalue weighted by atomic mass is 16.1. The normalized spacial score (nSPS) is 18.3. The summed E-state index contributed by atoms with van der Waals surface area (Å²) in [5, 5.41) is 0. The molecule has 0 saturated heterocycles. The number of ketones is 1. The van der Waals surface area contributed by atoms with Gasteiger partial charge in [-0.15, -0.1) is 0 Å². The van der Waals surface area contributed by atoms with Gasteiger partial charge in [-0.25, -0.2) is 0 Å². The quantitative estimate of drug-likeness (QED) is 0.740. The van der Waals surface area contributed by atoms with E-state index in [-0.39, 0.29) is 5.78 Å². The number of rotatable bonds is 4. The summed E-state index contributed by atoms with van der Waals surface area (Å²) < 4.78 is 0. The molecule has 1 aromatic rings. The smallest absolute Gasteiger partial charge is 0.159 e. The molecule has 1 aliphatic heterocycles. The predicted molar refractivity (Wildman–Crippen MR) is 69.7 cm³/mol. The second-order valence-electron chi connectivity index (χ2n) is 5.37. The highest BCUT2D eigenvalue weighted by Crippen LogP contribution is 2.35. The predicted octanol–water partition coefficient (Wildman–Crippen LogP) is 3.05. The van der Waals surface area contributed by atoms with Crippen molar-refractivity contribution in [2.45, 2.75) is 32.6 Å². The molecule has 2 aliphatic rings. The van der Waals surface area contributed by atoms with Crippen LogP contribution in [0.15, 0.2) is 18.2 Å². The van der Waals surface area contributed by atoms with Gasteiger partial charge in [0.25, 0.3) is 0 Å². The third kappa shape index (κ3) is 2.21. The molecule has 0 unspecified atom stereocenters. The van der Waals surface area contributed by atoms with Gasteiger partial charge in [0.2, 0.25) is 0 Å². The Kier molecular flexibility index (Phi) is 2.65. The minimum atomic E-state index is 0.171. The zero-order valence-corrected chi connectivity index (χ0v) is 10.4. The van der Waals surface area contributed by atoms with Crippen molar-refractivity contribution in [3.05, 3.63) is 29.3 Å². The summed E-state index contributed by atoms with van der Waals surface area (Å²) in [6.07, 6.45) is 5.31. The number of benzene rings is 1. The van der Waals surface area contributed by atoms with E-state index in [4.69, 9.17) is 0 Å². The van der Waals surface area contributed by atoms with Gasteiger partial charge in [-0.05, 0) is 49.4 Å². The Bertz CT molecular complexity index is 448. The van der Waals surface area contributed by atoms with Crippen LogP contribution < -0.4 is 4.90 Å². The van der Waals surface area contributed by atoms with E-state index >= 15 is 0 Å². The fourth-order valence-electron chi connectivity index (χ4n) is 2.67. The maximum Gasteiger partial charge on any atom is 0.159 e. The highest BCUT2D eigenvalue weighted by molar-refractivity contribution is 5.94. The van der Waals surface area contributed by atoms with Crippen LogP contribution in [0.25, 0.3) is 0 Å². The molecule has 0 bridgehead atoms. The van der Waals surface area contributed by atoms with E-state index in [9.17, 15) is 4.79 Å². The number of Topliss-reactive ketones (excluding diaryl/α,β-unsaturated/α-hetero) is 1. The third-order valence-electron chi connectivity index (χ3n) is 3.98. The number of carbonyl (C=O) groups excluding carboxylic acids is 1. The summed E-state index contributed by atoms with van der Waals surface area (Å²) in [5.41, 5.74) is 3.57. The zero-order valence-electron chi connectivity index (χ0n) is 10.4. The summed E-state index contributed by atoms with van der Waals surface area (Å²) in [6.45, 7) is 3.96. The minimum Gasteiger partial charge on any atom is -0.371 e. The average molecular weight is 229 g/mol. The highest BCUT2D eigenvalue weighted by Gasteiger charge is 2.24. The van der Waals surface area contributed by atoms with Crippen molar-refractivity contribution >= 4 is 11.5 Å². The average Bonchev–Trinajstić information content (AvgIpc) is 3.06. The number of hydrogen-bond acceptors (Lipinski definition) is 2. The fraction of sp³-hybridized carbons (Fsp3) is 0.533. The molecule has 0 atom stereocenters. The molecular formula is C15H19NO. The van der Waals surface area contributed by atoms with E-state index < -0.39 is 0 Å². The van der Waals surface area contributed by atoms with Gasteiger partial charge >= 0.3 is 0 Å². The second-order valence-corrected chi connectivity index (χ2v) is 5.37. The van der Waals surface area contributed by atoms with Gasteiger partial charge in [-0.1, -0.05) is 12.8 Å². The van der Waals surface area contributed by atoms with Gasteiger partial charge in [0.1, 0.15) is 0 Å². The first kappa shape index (κ1) is 10.8. The van der Waals surface area contributed by atoms with E-state index in [0.29, 0.717) is 0 Å². The molecule has 1 heterocycles. The minimum absolute atomic E-state index is 0.171. The van der Waals surface area contributed by atoms with Crippen LogP contribution in [0.5, 0.6) is 0 Å². The summed E-state index contributed by atoms with van der Waals surface area (Å²) in [6, 6.07) is 6.18. The molecule has 0 radical (unpaired) electrons. The van der Waals surface area contributed by atoms with Gasteiger partial charge in [0, 0.05) is 24.3 Å². The molecule has 3 rings (SSSR count). The molecule has 0 spiro atoms. The molecule has 1 fully saturated rings. The second kappa shape index (κ2) is 4.17. The lowest BCUT2D eigenvalue weighted by Gasteiger charge is -2.19. The Morgan fingerprint density at radius 2 is 2.24 bits per heavy atom. The molecule has 0 amide bonds. The van der Waals surface area contributed by atoms with Crippen molar-refractivity contribution < 1.29 is 4.79 Å². The summed E-state index contributed by atoms with van der Waals surface area (Å²) in [7, 11) is 0. The van der Waals surface area contributed by atoms with Crippen LogP contribution in [0.1, 0.15) is 42.1 Å². The van der Waals surface area contributed by atoms with Crippen LogP contribution in [0, 0.1) is 5.92 Å². The lowest BCUT2D eigenvalue weighted by Crippen LogP contribution is -2.21. The number of fused-ring (bicyclic) bond motifs is 1. The Labute approximate surface area is 103 Å². The van der Waals surface area contributed by atoms with E-state index in [0.717, 1.165) is 24.4 Å². The lowest BCUT2D eigenvalue weighted by atomic mass is 10.1. The van der Waals surface area contributed by atoms with Crippen LogP contribution in [-0.4, -0.2) is 18.9 Å². The molecule has 2 nitrogen and oxygen atoms in total. The molecule has 90 valence electrons. The van der Waals surface area contributed by atoms with Gasteiger partial charge in [-0.3, -0.25) is 4.79 Å². The standard InChI is InChI=1S/C15H19NO/c1-11(17)13-4-5-15-14(10-13)7-9-16(15)8-6-12-2-3-12/h4-5,10,12H,2-3,6-9H2,1H3. The van der Waals surface area contributed by atoms with Crippen molar-refractivity contribution in [2.75, 3.05) is 18.0 Å². The van der Waals surface area contributed by atoms with Crippen LogP contribution in [-0.2, 0) is 6.42 Å². The van der Waals surface area contributed by atoms with Gasteiger partial charge in [-0.2, -0.15) is 0 Å². The van der Waals surface area contributed by atoms with Crippen molar-refractivity contribution in [1.29, 1.82) is 0 Å². The maximum atomic E-state index is 11.3. The Morgan fingerprint density at radius 1 is 1.41 bits per heavy atom. The molecule has 1 saturated carbocycles. The van der Waals surface area contributed by atoms with E-state index in [2.05, 4.69) is 17.0 Å². The Balaban J connectivity index is 1.75. The van der Waals surface area contributed by atoms with E-state index in [1.807, 2.05) is 6.07 Å². The molecule has 0 aromatic heterocycles. The molecule has 2 heteroatoms. The number of carbonyl (C=O) groups is 1. The number of hydrogen-bond donors (Lipinski definition) is 0. The maximum absolute atomic E-state index is 11.3. The third-order valence-corrected chi connectivity index (χ3v) is 3.98. The van der Waals surface area contributed by atoms with E-state index in [1.165, 1.54) is 37.1 Å². The van der Waals surface area contributed by atoms with Gasteiger partial charge in [0.05, 0.1) is 0 Å². The monoisotopic (exact) mass is 229 g/mol. The van der Waals surface area contributed by atoms with Crippen molar-refractivity contribution in [1.82, 2.24) is 0 Å². The largest absolute Gasteiger partial charge is 0.371 e. The summed E-state index contributed by atoms with van der Waals surface area (Å²) in [4.78, 5) is 13.8. The molecule has 1 aliphatic carbocycles. The Morgan fingerprint density at radius 3 is 2.94 bits per heavy atom. The number of nitrogens with zero attached hydrogens (tertiary/aromatic N) is 1. The lowest BCUT2D eigenvalue weighted by molar-refractivity contribution is 0.101. The van der Waals surface area contributed by atoms with Crippen LogP contribution in [0.2, 0.25) is 0 Å². The fourth-order valence-corrected chi connectivity index (χ4v) is 2.67. The SMILES string of the molecule is CC(=O)c1ccc2c(c1)CCN2CCC1CC1. The van der Waals surface area contributed by atoms with Gasteiger partial charge < -0.3 is 4.90 Å². The van der Waals surface area contributed by atoms with Gasteiger partial charge in [0.15, 0.2) is 5.78 Å². The topological polar surface area (TPSA) is 20.3 Å². The molecule has 17 heavy (non-hydrogen) atoms. The first-order valence-corrected chi connectivity index (χ1v) is 6.63. The first-order valence-electron chi connectivity index (χ1n) is 6.63. The van der Waals surface area contributed by atoms with Crippen LogP contribution in [0.4, 0.5) is 5.69 Å². The molecule has 0 N–H and O–H groups in total. The van der Waals surface area contributed by atoms with Crippen LogP contribution in [0.3, 0.4) is 0 Å². The molecular weight excluding hydrogens is 210 g/mol. The van der Waals surface area contributed by atoms with Crippen LogP contribution >= 0.6 is 0 Å². The number of anilines is 1. The zero-order chi connectivity index (χ0) is 11.8. The van der Waals surface area contributed by atoms with Crippen molar-refractivity contribution in [2.24, 2.45) is 5.92 Å². The van der Waals surface area contributed by atoms with E-state index in [1.54, 1.807) is 6.92 Å². The summed E-state index contributed by atoms with van der Waals surface area (Å²) in [5.74, 6) is 1.17. The Hall–Kier alpha value is -1.31. The van der Waals surface area contributed by atoms with Crippen molar-refractivity contribution in [3.8, 4) is 0 Å². The summed E-state index contributed by atoms with van der Waals surface area (Å²) >= 11 is 0. The molecule has 1 aromatic carbocycles.